The molecule has 0 spiro atoms. The zero-order chi connectivity index (χ0) is 23.7. The van der Waals surface area contributed by atoms with Gasteiger partial charge in [0.25, 0.3) is 0 Å². The lowest BCUT2D eigenvalue weighted by molar-refractivity contribution is -0.121. The van der Waals surface area contributed by atoms with Gasteiger partial charge in [-0.1, -0.05) is 61.0 Å². The average molecular weight is 482 g/mol. The lowest BCUT2D eigenvalue weighted by Crippen LogP contribution is -2.40. The van der Waals surface area contributed by atoms with E-state index >= 15 is 0 Å². The lowest BCUT2D eigenvalue weighted by Gasteiger charge is -2.19. The van der Waals surface area contributed by atoms with E-state index < -0.39 is 0 Å². The van der Waals surface area contributed by atoms with Crippen LogP contribution in [0.5, 0.6) is 0 Å². The van der Waals surface area contributed by atoms with E-state index in [9.17, 15) is 4.79 Å². The van der Waals surface area contributed by atoms with Gasteiger partial charge in [0.2, 0.25) is 11.1 Å². The van der Waals surface area contributed by atoms with Crippen LogP contribution in [0, 0.1) is 12.8 Å². The summed E-state index contributed by atoms with van der Waals surface area (Å²) in [6.45, 7) is 10.7. The third-order valence-electron chi connectivity index (χ3n) is 5.85. The van der Waals surface area contributed by atoms with Gasteiger partial charge in [-0.3, -0.25) is 4.79 Å². The number of hydrogen-bond acceptors (Lipinski definition) is 5. The van der Waals surface area contributed by atoms with Crippen LogP contribution in [0.2, 0.25) is 5.02 Å². The molecule has 0 saturated carbocycles. The maximum absolute atomic E-state index is 12.6. The number of aryl methyl sites for hydroxylation is 1. The number of carbonyl (C=O) groups is 1. The minimum absolute atomic E-state index is 0.0278. The molecule has 8 heteroatoms. The summed E-state index contributed by atoms with van der Waals surface area (Å²) >= 11 is 7.54. The molecule has 2 atom stereocenters. The minimum atomic E-state index is -0.335. The van der Waals surface area contributed by atoms with Crippen molar-refractivity contribution in [3.63, 3.8) is 0 Å². The zero-order valence-corrected chi connectivity index (χ0v) is 21.0. The van der Waals surface area contributed by atoms with Crippen LogP contribution >= 0.6 is 23.4 Å². The molecule has 0 aliphatic heterocycles. The van der Waals surface area contributed by atoms with Crippen LogP contribution in [-0.4, -0.2) is 36.9 Å². The number of carbonyl (C=O) groups excluding carboxylic acids is 1. The summed E-state index contributed by atoms with van der Waals surface area (Å²) in [4.78, 5) is 17.5. The van der Waals surface area contributed by atoms with E-state index in [2.05, 4.69) is 59.1 Å². The Labute approximate surface area is 203 Å². The third-order valence-corrected chi connectivity index (χ3v) is 7.04. The van der Waals surface area contributed by atoms with Gasteiger partial charge in [0.1, 0.15) is 5.52 Å². The van der Waals surface area contributed by atoms with Gasteiger partial charge in [-0.15, -0.1) is 10.2 Å². The fourth-order valence-corrected chi connectivity index (χ4v) is 4.53. The summed E-state index contributed by atoms with van der Waals surface area (Å²) < 4.78 is 2.14. The highest BCUT2D eigenvalue weighted by Gasteiger charge is 2.21. The lowest BCUT2D eigenvalue weighted by atomic mass is 10.1. The van der Waals surface area contributed by atoms with Gasteiger partial charge in [0.15, 0.2) is 5.65 Å². The molecule has 0 bridgehead atoms. The van der Waals surface area contributed by atoms with Crippen LogP contribution in [0.25, 0.3) is 22.1 Å². The van der Waals surface area contributed by atoms with Crippen molar-refractivity contribution in [1.82, 2.24) is 25.1 Å². The van der Waals surface area contributed by atoms with Crippen LogP contribution in [0.1, 0.15) is 38.8 Å². The summed E-state index contributed by atoms with van der Waals surface area (Å²) in [6.07, 6.45) is 0. The molecule has 2 aromatic carbocycles. The van der Waals surface area contributed by atoms with Crippen molar-refractivity contribution >= 4 is 51.3 Å². The summed E-state index contributed by atoms with van der Waals surface area (Å²) in [5, 5.41) is 13.8. The predicted molar refractivity (Wildman–Crippen MR) is 136 cm³/mol. The maximum Gasteiger partial charge on any atom is 0.233 e. The second-order valence-electron chi connectivity index (χ2n) is 8.80. The van der Waals surface area contributed by atoms with Crippen molar-refractivity contribution in [2.45, 2.75) is 57.6 Å². The molecular weight excluding hydrogens is 454 g/mol. The number of rotatable bonds is 7. The second-order valence-corrected chi connectivity index (χ2v) is 10.5. The van der Waals surface area contributed by atoms with Crippen molar-refractivity contribution in [1.29, 1.82) is 0 Å². The Kier molecular flexibility index (Phi) is 6.91. The molecule has 0 radical (unpaired) electrons. The highest BCUT2D eigenvalue weighted by Crippen LogP contribution is 2.30. The van der Waals surface area contributed by atoms with Gasteiger partial charge >= 0.3 is 0 Å². The van der Waals surface area contributed by atoms with E-state index in [4.69, 9.17) is 16.6 Å². The summed E-state index contributed by atoms with van der Waals surface area (Å²) in [5.74, 6) is 0.339. The molecular formula is C25H28ClN5OS. The first kappa shape index (κ1) is 23.5. The molecule has 0 fully saturated rings. The number of nitrogens with one attached hydrogen (secondary N) is 1. The fraction of sp³-hybridized carbons (Fsp3) is 0.360. The van der Waals surface area contributed by atoms with Crippen molar-refractivity contribution in [3.8, 4) is 0 Å². The van der Waals surface area contributed by atoms with Gasteiger partial charge in [0.05, 0.1) is 10.8 Å². The van der Waals surface area contributed by atoms with Crippen molar-refractivity contribution in [2.75, 3.05) is 0 Å². The fourth-order valence-electron chi connectivity index (χ4n) is 3.60. The SMILES string of the molecule is Cc1ccc2c(c1)c1nnc(SC(C)C(=O)NC(C)C(C)C)nc1n2Cc1cccc(Cl)c1. The number of nitrogens with zero attached hydrogens (tertiary/aromatic N) is 4. The number of aromatic nitrogens is 4. The van der Waals surface area contributed by atoms with E-state index in [-0.39, 0.29) is 17.2 Å². The molecule has 4 aromatic rings. The number of benzene rings is 2. The maximum atomic E-state index is 12.6. The molecule has 2 aromatic heterocycles. The Bertz CT molecular complexity index is 1320. The largest absolute Gasteiger partial charge is 0.352 e. The third kappa shape index (κ3) is 5.14. The molecule has 2 unspecified atom stereocenters. The number of amides is 1. The van der Waals surface area contributed by atoms with Crippen LogP contribution in [0.4, 0.5) is 0 Å². The molecule has 1 N–H and O–H groups in total. The number of thioether (sulfide) groups is 1. The van der Waals surface area contributed by atoms with Gasteiger partial charge in [-0.2, -0.15) is 0 Å². The van der Waals surface area contributed by atoms with E-state index in [1.807, 2.05) is 38.1 Å². The van der Waals surface area contributed by atoms with Crippen LogP contribution in [-0.2, 0) is 11.3 Å². The Morgan fingerprint density at radius 3 is 2.64 bits per heavy atom. The number of halogens is 1. The predicted octanol–water partition coefficient (Wildman–Crippen LogP) is 5.63. The number of hydrogen-bond donors (Lipinski definition) is 1. The molecule has 0 saturated heterocycles. The van der Waals surface area contributed by atoms with Gasteiger partial charge in [-0.05, 0) is 56.5 Å². The molecule has 2 heterocycles. The van der Waals surface area contributed by atoms with Crippen LogP contribution in [0.3, 0.4) is 0 Å². The quantitative estimate of drug-likeness (QED) is 0.346. The van der Waals surface area contributed by atoms with E-state index in [1.54, 1.807) is 0 Å². The topological polar surface area (TPSA) is 72.7 Å². The first-order valence-electron chi connectivity index (χ1n) is 11.1. The van der Waals surface area contributed by atoms with Crippen molar-refractivity contribution in [2.24, 2.45) is 5.92 Å². The molecule has 172 valence electrons. The first-order valence-corrected chi connectivity index (χ1v) is 12.3. The molecule has 1 amide bonds. The van der Waals surface area contributed by atoms with Crippen LogP contribution < -0.4 is 5.32 Å². The summed E-state index contributed by atoms with van der Waals surface area (Å²) in [5.41, 5.74) is 4.76. The van der Waals surface area contributed by atoms with Crippen molar-refractivity contribution in [3.05, 3.63) is 58.6 Å². The number of fused-ring (bicyclic) bond motifs is 3. The standard InChI is InChI=1S/C25H28ClN5OS/c1-14(2)16(4)27-24(32)17(5)33-25-28-23-22(29-30-25)20-11-15(3)9-10-21(20)31(23)13-18-7-6-8-19(26)12-18/h6-12,14,16-17H,13H2,1-5H3,(H,27,32). The Balaban J connectivity index is 1.71. The molecule has 0 aliphatic carbocycles. The molecule has 33 heavy (non-hydrogen) atoms. The normalized spacial score (nSPS) is 13.5. The van der Waals surface area contributed by atoms with E-state index in [0.717, 1.165) is 33.2 Å². The molecule has 4 rings (SSSR count). The first-order chi connectivity index (χ1) is 15.7. The Hall–Kier alpha value is -2.64. The monoisotopic (exact) mass is 481 g/mol. The average Bonchev–Trinajstić information content (AvgIpc) is 3.05. The smallest absolute Gasteiger partial charge is 0.233 e. The Morgan fingerprint density at radius 1 is 1.12 bits per heavy atom. The highest BCUT2D eigenvalue weighted by molar-refractivity contribution is 8.00. The summed E-state index contributed by atoms with van der Waals surface area (Å²) in [7, 11) is 0. The summed E-state index contributed by atoms with van der Waals surface area (Å²) in [6, 6.07) is 14.2. The van der Waals surface area contributed by atoms with Crippen LogP contribution in [0.15, 0.2) is 47.6 Å². The molecule has 0 aliphatic rings. The van der Waals surface area contributed by atoms with Gasteiger partial charge < -0.3 is 9.88 Å². The van der Waals surface area contributed by atoms with E-state index in [0.29, 0.717) is 22.6 Å². The van der Waals surface area contributed by atoms with Crippen molar-refractivity contribution < 1.29 is 4.79 Å². The zero-order valence-electron chi connectivity index (χ0n) is 19.5. The minimum Gasteiger partial charge on any atom is -0.352 e. The Morgan fingerprint density at radius 2 is 1.91 bits per heavy atom. The second kappa shape index (κ2) is 9.69. The highest BCUT2D eigenvalue weighted by atomic mass is 35.5. The van der Waals surface area contributed by atoms with E-state index in [1.165, 1.54) is 11.8 Å². The molecule has 6 nitrogen and oxygen atoms in total. The van der Waals surface area contributed by atoms with Gasteiger partial charge in [-0.25, -0.2) is 4.98 Å². The van der Waals surface area contributed by atoms with Gasteiger partial charge in [0, 0.05) is 23.0 Å².